The average Bonchev–Trinajstić information content (AvgIpc) is 2.61. The van der Waals surface area contributed by atoms with E-state index in [2.05, 4.69) is 0 Å². The van der Waals surface area contributed by atoms with Crippen molar-refractivity contribution < 1.29 is 24.0 Å². The molecule has 0 aliphatic heterocycles. The zero-order valence-electron chi connectivity index (χ0n) is 14.2. The summed E-state index contributed by atoms with van der Waals surface area (Å²) in [6.45, 7) is 1.96. The Morgan fingerprint density at radius 2 is 1.50 bits per heavy atom. The van der Waals surface area contributed by atoms with Gasteiger partial charge in [-0.25, -0.2) is 4.21 Å². The Kier molecular flexibility index (Phi) is 8.97. The molecule has 0 fully saturated rings. The molecular formula is C19H19NO5S-2. The Morgan fingerprint density at radius 3 is 2.00 bits per heavy atom. The first-order valence-electron chi connectivity index (χ1n) is 7.71. The summed E-state index contributed by atoms with van der Waals surface area (Å²) in [6.07, 6.45) is 1.51. The van der Waals surface area contributed by atoms with Crippen LogP contribution in [0, 0.1) is 0 Å². The van der Waals surface area contributed by atoms with Crippen molar-refractivity contribution in [2.75, 3.05) is 0 Å². The van der Waals surface area contributed by atoms with Crippen molar-refractivity contribution >= 4 is 22.7 Å². The number of nitrogens with two attached hydrogens (primary N) is 1. The van der Waals surface area contributed by atoms with Gasteiger partial charge in [0.15, 0.2) is 0 Å². The molecule has 0 amide bonds. The first-order chi connectivity index (χ1) is 12.3. The van der Waals surface area contributed by atoms with E-state index in [0.717, 1.165) is 21.8 Å². The van der Waals surface area contributed by atoms with Gasteiger partial charge < -0.3 is 25.5 Å². The average molecular weight is 373 g/mol. The van der Waals surface area contributed by atoms with Crippen LogP contribution in [0.4, 0.5) is 0 Å². The number of aliphatic carboxylic acids is 2. The molecule has 2 unspecified atom stereocenters. The summed E-state index contributed by atoms with van der Waals surface area (Å²) < 4.78 is 12.5. The SMILES string of the molecule is CC(N)Cc1ccccc1S(=O)c1ccccc1.O=C([O-])/C=C\C(=O)[O-]. The lowest BCUT2D eigenvalue weighted by atomic mass is 10.1. The topological polar surface area (TPSA) is 123 Å². The largest absolute Gasteiger partial charge is 0.545 e. The maximum Gasteiger partial charge on any atom is 0.0852 e. The van der Waals surface area contributed by atoms with Crippen LogP contribution in [0.5, 0.6) is 0 Å². The Hall–Kier alpha value is -2.77. The maximum absolute atomic E-state index is 12.5. The Labute approximate surface area is 154 Å². The van der Waals surface area contributed by atoms with Gasteiger partial charge in [0, 0.05) is 15.8 Å². The van der Waals surface area contributed by atoms with Crippen molar-refractivity contribution in [3.63, 3.8) is 0 Å². The van der Waals surface area contributed by atoms with Gasteiger partial charge in [-0.05, 0) is 49.3 Å². The minimum absolute atomic E-state index is 0.0684. The van der Waals surface area contributed by atoms with Gasteiger partial charge in [0.1, 0.15) is 0 Å². The highest BCUT2D eigenvalue weighted by Gasteiger charge is 2.12. The van der Waals surface area contributed by atoms with Crippen LogP contribution in [-0.2, 0) is 26.8 Å². The van der Waals surface area contributed by atoms with Crippen molar-refractivity contribution in [1.82, 2.24) is 0 Å². The van der Waals surface area contributed by atoms with Crippen molar-refractivity contribution in [3.8, 4) is 0 Å². The van der Waals surface area contributed by atoms with E-state index in [4.69, 9.17) is 5.73 Å². The zero-order chi connectivity index (χ0) is 19.5. The molecule has 0 bridgehead atoms. The highest BCUT2D eigenvalue weighted by atomic mass is 32.2. The summed E-state index contributed by atoms with van der Waals surface area (Å²) in [7, 11) is -1.13. The number of hydrogen-bond acceptors (Lipinski definition) is 6. The zero-order valence-corrected chi connectivity index (χ0v) is 15.0. The van der Waals surface area contributed by atoms with Crippen molar-refractivity contribution in [2.24, 2.45) is 5.73 Å². The van der Waals surface area contributed by atoms with Crippen molar-refractivity contribution in [2.45, 2.75) is 29.2 Å². The summed E-state index contributed by atoms with van der Waals surface area (Å²) >= 11 is 0. The number of carbonyl (C=O) groups excluding carboxylic acids is 2. The molecule has 2 aromatic rings. The Balaban J connectivity index is 0.000000359. The fourth-order valence-corrected chi connectivity index (χ4v) is 3.26. The molecule has 0 saturated carbocycles. The Bertz CT molecular complexity index is 772. The van der Waals surface area contributed by atoms with E-state index in [1.54, 1.807) is 0 Å². The van der Waals surface area contributed by atoms with Gasteiger partial charge in [-0.1, -0.05) is 36.4 Å². The molecule has 138 valence electrons. The third-order valence-corrected chi connectivity index (χ3v) is 4.53. The number of hydrogen-bond donors (Lipinski definition) is 1. The minimum Gasteiger partial charge on any atom is -0.545 e. The summed E-state index contributed by atoms with van der Waals surface area (Å²) in [5.74, 6) is -3.09. The lowest BCUT2D eigenvalue weighted by Crippen LogP contribution is -2.23. The van der Waals surface area contributed by atoms with Crippen LogP contribution in [0.15, 0.2) is 76.5 Å². The van der Waals surface area contributed by atoms with Gasteiger partial charge in [-0.2, -0.15) is 0 Å². The molecule has 7 heteroatoms. The first kappa shape index (κ1) is 21.3. The van der Waals surface area contributed by atoms with Crippen LogP contribution < -0.4 is 15.9 Å². The van der Waals surface area contributed by atoms with E-state index in [9.17, 15) is 24.0 Å². The predicted octanol–water partition coefficient (Wildman–Crippen LogP) is -0.215. The van der Waals surface area contributed by atoms with Gasteiger partial charge >= 0.3 is 0 Å². The molecule has 0 aliphatic carbocycles. The molecule has 0 saturated heterocycles. The van der Waals surface area contributed by atoms with Gasteiger partial charge in [0.05, 0.1) is 22.7 Å². The predicted molar refractivity (Wildman–Crippen MR) is 94.1 cm³/mol. The van der Waals surface area contributed by atoms with E-state index in [0.29, 0.717) is 12.2 Å². The lowest BCUT2D eigenvalue weighted by Gasteiger charge is -2.11. The van der Waals surface area contributed by atoms with Crippen LogP contribution >= 0.6 is 0 Å². The fourth-order valence-electron chi connectivity index (χ4n) is 2.01. The number of rotatable bonds is 6. The lowest BCUT2D eigenvalue weighted by molar-refractivity contribution is -0.301. The highest BCUT2D eigenvalue weighted by molar-refractivity contribution is 7.85. The van der Waals surface area contributed by atoms with Gasteiger partial charge in [0.25, 0.3) is 0 Å². The van der Waals surface area contributed by atoms with Crippen molar-refractivity contribution in [1.29, 1.82) is 0 Å². The normalized spacial score (nSPS) is 12.7. The molecule has 2 rings (SSSR count). The van der Waals surface area contributed by atoms with Crippen LogP contribution in [0.3, 0.4) is 0 Å². The number of carboxylic acid groups (broad SMARTS) is 2. The maximum atomic E-state index is 12.5. The molecule has 0 aliphatic rings. The van der Waals surface area contributed by atoms with Gasteiger partial charge in [-0.3, -0.25) is 0 Å². The second-order valence-corrected chi connectivity index (χ2v) is 6.79. The van der Waals surface area contributed by atoms with Gasteiger partial charge in [0.2, 0.25) is 0 Å². The van der Waals surface area contributed by atoms with Crippen LogP contribution in [0.2, 0.25) is 0 Å². The van der Waals surface area contributed by atoms with Gasteiger partial charge in [-0.15, -0.1) is 0 Å². The molecule has 26 heavy (non-hydrogen) atoms. The van der Waals surface area contributed by atoms with Crippen LogP contribution in [0.25, 0.3) is 0 Å². The number of carbonyl (C=O) groups is 2. The minimum atomic E-state index is -1.55. The molecule has 0 spiro atoms. The van der Waals surface area contributed by atoms with Crippen LogP contribution in [0.1, 0.15) is 12.5 Å². The molecule has 6 nitrogen and oxygen atoms in total. The molecule has 2 atom stereocenters. The molecule has 2 aromatic carbocycles. The van der Waals surface area contributed by atoms with E-state index in [1.807, 2.05) is 61.5 Å². The van der Waals surface area contributed by atoms with E-state index >= 15 is 0 Å². The smallest absolute Gasteiger partial charge is 0.0852 e. The second kappa shape index (κ2) is 11.0. The summed E-state index contributed by atoms with van der Waals surface area (Å²) in [4.78, 5) is 20.5. The van der Waals surface area contributed by atoms with Crippen molar-refractivity contribution in [3.05, 3.63) is 72.3 Å². The fraction of sp³-hybridized carbons (Fsp3) is 0.158. The summed E-state index contributed by atoms with van der Waals surface area (Å²) in [6, 6.07) is 17.4. The van der Waals surface area contributed by atoms with E-state index < -0.39 is 22.7 Å². The molecule has 0 aromatic heterocycles. The summed E-state index contributed by atoms with van der Waals surface area (Å²) in [5, 5.41) is 18.8. The molecule has 0 radical (unpaired) electrons. The second-order valence-electron chi connectivity index (χ2n) is 5.34. The van der Waals surface area contributed by atoms with Crippen LogP contribution in [-0.4, -0.2) is 22.2 Å². The first-order valence-corrected chi connectivity index (χ1v) is 8.86. The van der Waals surface area contributed by atoms with E-state index in [1.165, 1.54) is 0 Å². The molecule has 0 heterocycles. The number of benzene rings is 2. The third-order valence-electron chi connectivity index (χ3n) is 3.03. The molecule has 2 N–H and O–H groups in total. The third kappa shape index (κ3) is 7.87. The highest BCUT2D eigenvalue weighted by Crippen LogP contribution is 2.20. The monoisotopic (exact) mass is 373 g/mol. The number of carboxylic acids is 2. The molecular weight excluding hydrogens is 354 g/mol. The van der Waals surface area contributed by atoms with E-state index in [-0.39, 0.29) is 6.04 Å². The Morgan fingerprint density at radius 1 is 1.00 bits per heavy atom. The summed E-state index contributed by atoms with van der Waals surface area (Å²) in [5.41, 5.74) is 6.90. The quantitative estimate of drug-likeness (QED) is 0.699. The standard InChI is InChI=1S/C15H17NOS.C4H4O4/c1-12(16)11-13-7-5-6-10-15(13)18(17)14-8-3-2-4-9-14;5-3(6)1-2-4(7)8/h2-10,12H,11,16H2,1H3;1-2H,(H,5,6)(H,7,8)/p-2/b;2-1-.